The van der Waals surface area contributed by atoms with Crippen LogP contribution in [0.5, 0.6) is 11.5 Å². The van der Waals surface area contributed by atoms with Crippen LogP contribution < -0.4 is 25.0 Å². The summed E-state index contributed by atoms with van der Waals surface area (Å²) in [6.45, 7) is 6.62. The molecule has 6 rings (SSSR count). The van der Waals surface area contributed by atoms with Crippen molar-refractivity contribution in [1.82, 2.24) is 19.8 Å². The van der Waals surface area contributed by atoms with E-state index in [4.69, 9.17) is 19.4 Å². The number of aromatic nitrogens is 2. The molecule has 238 valence electrons. The second-order valence-electron chi connectivity index (χ2n) is 11.4. The van der Waals surface area contributed by atoms with Gasteiger partial charge >= 0.3 is 0 Å². The smallest absolute Gasteiger partial charge is 0.233 e. The van der Waals surface area contributed by atoms with Crippen molar-refractivity contribution in [2.75, 3.05) is 76.1 Å². The van der Waals surface area contributed by atoms with Gasteiger partial charge in [-0.15, -0.1) is 0 Å². The highest BCUT2D eigenvalue weighted by Gasteiger charge is 2.27. The van der Waals surface area contributed by atoms with Crippen molar-refractivity contribution in [1.29, 1.82) is 0 Å². The number of nitrogens with one attached hydrogen (secondary N) is 2. The zero-order valence-electron chi connectivity index (χ0n) is 25.7. The SMILES string of the molecule is COc1ccc(Nc2nc(Nc3ccc(N4CCC(N5CCN(C)CC5)CC4)cc3OC)nc3ccccc23)c(S(=O)(=O)I)c1. The summed E-state index contributed by atoms with van der Waals surface area (Å²) in [6.07, 6.45) is 2.31. The van der Waals surface area contributed by atoms with Crippen LogP contribution in [0.15, 0.2) is 65.6 Å². The number of methoxy groups -OCH3 is 2. The predicted octanol–water partition coefficient (Wildman–Crippen LogP) is 5.47. The zero-order chi connectivity index (χ0) is 31.6. The number of para-hydroxylation sites is 1. The number of anilines is 5. The molecule has 0 unspecified atom stereocenters. The van der Waals surface area contributed by atoms with Crippen molar-refractivity contribution in [2.45, 2.75) is 23.8 Å². The molecule has 0 saturated carbocycles. The van der Waals surface area contributed by atoms with Gasteiger partial charge < -0.3 is 29.9 Å². The van der Waals surface area contributed by atoms with Gasteiger partial charge in [0.25, 0.3) is 0 Å². The lowest BCUT2D eigenvalue weighted by Gasteiger charge is -2.42. The van der Waals surface area contributed by atoms with Crippen LogP contribution in [0, 0.1) is 0 Å². The van der Waals surface area contributed by atoms with Gasteiger partial charge in [0.05, 0.1) is 52.3 Å². The Morgan fingerprint density at radius 1 is 0.844 bits per heavy atom. The first-order valence-corrected chi connectivity index (χ1v) is 19.0. The summed E-state index contributed by atoms with van der Waals surface area (Å²) in [5.41, 5.74) is 2.94. The van der Waals surface area contributed by atoms with Gasteiger partial charge in [-0.2, -0.15) is 4.98 Å². The van der Waals surface area contributed by atoms with Crippen LogP contribution in [-0.2, 0) is 7.01 Å². The van der Waals surface area contributed by atoms with E-state index in [-0.39, 0.29) is 4.90 Å². The number of halogens is 1. The van der Waals surface area contributed by atoms with Gasteiger partial charge in [0.1, 0.15) is 22.2 Å². The topological polar surface area (TPSA) is 112 Å². The molecule has 45 heavy (non-hydrogen) atoms. The molecule has 2 aliphatic heterocycles. The molecule has 2 N–H and O–H groups in total. The Morgan fingerprint density at radius 3 is 2.29 bits per heavy atom. The maximum absolute atomic E-state index is 12.6. The van der Waals surface area contributed by atoms with E-state index in [1.807, 2.05) is 30.3 Å². The Kier molecular flexibility index (Phi) is 9.49. The minimum atomic E-state index is -3.59. The fourth-order valence-electron chi connectivity index (χ4n) is 6.07. The molecule has 1 aromatic heterocycles. The number of piperazine rings is 1. The van der Waals surface area contributed by atoms with E-state index in [9.17, 15) is 8.42 Å². The highest BCUT2D eigenvalue weighted by atomic mass is 127. The van der Waals surface area contributed by atoms with E-state index in [2.05, 4.69) is 44.5 Å². The molecule has 0 atom stereocenters. The zero-order valence-corrected chi connectivity index (χ0v) is 28.6. The molecule has 2 aliphatic rings. The molecule has 0 aliphatic carbocycles. The number of ether oxygens (including phenoxy) is 2. The molecule has 0 spiro atoms. The van der Waals surface area contributed by atoms with Crippen molar-refractivity contribution in [3.05, 3.63) is 60.7 Å². The van der Waals surface area contributed by atoms with Crippen molar-refractivity contribution in [3.8, 4) is 11.5 Å². The second-order valence-corrected chi connectivity index (χ2v) is 16.2. The standard InChI is InChI=1S/C32H38IN7O4S/c1-38-16-18-40(19-17-38)22-12-14-39(15-13-22)23-8-10-27(29(20-23)44-3)36-32-35-26-7-5-4-6-25(26)31(37-32)34-28-11-9-24(43-2)21-30(28)45(33,41)42/h4-11,20-22H,12-19H2,1-3H3,(H2,34,35,36,37). The second kappa shape index (κ2) is 13.5. The molecule has 0 bridgehead atoms. The summed E-state index contributed by atoms with van der Waals surface area (Å²) < 4.78 is 36.3. The van der Waals surface area contributed by atoms with Gasteiger partial charge in [0, 0.05) is 68.5 Å². The number of benzene rings is 3. The molecule has 13 heteroatoms. The van der Waals surface area contributed by atoms with Crippen molar-refractivity contribution in [3.63, 3.8) is 0 Å². The van der Waals surface area contributed by atoms with Crippen LogP contribution in [0.2, 0.25) is 0 Å². The van der Waals surface area contributed by atoms with Gasteiger partial charge in [-0.1, -0.05) is 12.1 Å². The summed E-state index contributed by atoms with van der Waals surface area (Å²) in [4.78, 5) is 17.1. The first-order chi connectivity index (χ1) is 21.7. The third kappa shape index (κ3) is 7.21. The van der Waals surface area contributed by atoms with E-state index in [1.54, 1.807) is 19.2 Å². The highest BCUT2D eigenvalue weighted by molar-refractivity contribution is 14.2. The summed E-state index contributed by atoms with van der Waals surface area (Å²) in [5.74, 6) is 1.95. The predicted molar refractivity (Wildman–Crippen MR) is 188 cm³/mol. The minimum absolute atomic E-state index is 0.101. The summed E-state index contributed by atoms with van der Waals surface area (Å²) in [5, 5.41) is 7.32. The van der Waals surface area contributed by atoms with E-state index >= 15 is 0 Å². The van der Waals surface area contributed by atoms with Gasteiger partial charge in [0.15, 0.2) is 0 Å². The lowest BCUT2D eigenvalue weighted by Crippen LogP contribution is -2.52. The van der Waals surface area contributed by atoms with Crippen LogP contribution in [0.25, 0.3) is 10.9 Å². The fourth-order valence-corrected chi connectivity index (χ4v) is 7.80. The quantitative estimate of drug-likeness (QED) is 0.168. The molecule has 0 amide bonds. The lowest BCUT2D eigenvalue weighted by atomic mass is 10.0. The van der Waals surface area contributed by atoms with Crippen LogP contribution in [0.1, 0.15) is 12.8 Å². The third-order valence-corrected chi connectivity index (χ3v) is 10.9. The van der Waals surface area contributed by atoms with E-state index in [1.165, 1.54) is 34.4 Å². The summed E-state index contributed by atoms with van der Waals surface area (Å²) in [6, 6.07) is 19.3. The maximum atomic E-state index is 12.6. The minimum Gasteiger partial charge on any atom is -0.497 e. The van der Waals surface area contributed by atoms with Crippen LogP contribution >= 0.6 is 21.2 Å². The number of likely N-dealkylation sites (N-methyl/N-ethyl adjacent to an activating group) is 1. The lowest BCUT2D eigenvalue weighted by molar-refractivity contribution is 0.0982. The Morgan fingerprint density at radius 2 is 1.58 bits per heavy atom. The van der Waals surface area contributed by atoms with Crippen LogP contribution in [-0.4, -0.2) is 94.8 Å². The Labute approximate surface area is 276 Å². The van der Waals surface area contributed by atoms with Crippen molar-refractivity contribution in [2.24, 2.45) is 0 Å². The maximum Gasteiger partial charge on any atom is 0.233 e. The van der Waals surface area contributed by atoms with E-state index < -0.39 is 7.01 Å². The van der Waals surface area contributed by atoms with Gasteiger partial charge in [0.2, 0.25) is 13.0 Å². The molecular weight excluding hydrogens is 705 g/mol. The number of rotatable bonds is 9. The fraction of sp³-hybridized carbons (Fsp3) is 0.375. The van der Waals surface area contributed by atoms with Gasteiger partial charge in [-0.3, -0.25) is 4.90 Å². The average molecular weight is 744 g/mol. The molecule has 3 heterocycles. The van der Waals surface area contributed by atoms with Crippen molar-refractivity contribution < 1.29 is 17.9 Å². The molecular formula is C32H38IN7O4S. The number of hydrogen-bond acceptors (Lipinski definition) is 11. The van der Waals surface area contributed by atoms with E-state index in [0.717, 1.165) is 68.9 Å². The first kappa shape index (κ1) is 31.6. The summed E-state index contributed by atoms with van der Waals surface area (Å²) in [7, 11) is 1.77. The average Bonchev–Trinajstić information content (AvgIpc) is 3.05. The first-order valence-electron chi connectivity index (χ1n) is 15.0. The normalized spacial score (nSPS) is 16.9. The van der Waals surface area contributed by atoms with Gasteiger partial charge in [-0.05, 0) is 56.3 Å². The van der Waals surface area contributed by atoms with Crippen LogP contribution in [0.4, 0.5) is 28.8 Å². The highest BCUT2D eigenvalue weighted by Crippen LogP contribution is 2.36. The molecule has 2 fully saturated rings. The molecule has 2 saturated heterocycles. The molecule has 4 aromatic rings. The molecule has 3 aromatic carbocycles. The number of hydrogen-bond donors (Lipinski definition) is 2. The van der Waals surface area contributed by atoms with Gasteiger partial charge in [-0.25, -0.2) is 13.4 Å². The number of piperidine rings is 1. The number of nitrogens with zero attached hydrogens (tertiary/aromatic N) is 5. The van der Waals surface area contributed by atoms with Crippen molar-refractivity contribution >= 4 is 67.9 Å². The molecule has 11 nitrogen and oxygen atoms in total. The third-order valence-electron chi connectivity index (χ3n) is 8.62. The summed E-state index contributed by atoms with van der Waals surface area (Å²) >= 11 is 1.43. The number of fused-ring (bicyclic) bond motifs is 1. The Hall–Kier alpha value is -3.40. The monoisotopic (exact) mass is 743 g/mol. The van der Waals surface area contributed by atoms with E-state index in [0.29, 0.717) is 40.5 Å². The molecule has 0 radical (unpaired) electrons. The van der Waals surface area contributed by atoms with Crippen LogP contribution in [0.3, 0.4) is 0 Å². The Balaban J connectivity index is 1.23. The largest absolute Gasteiger partial charge is 0.497 e. The Bertz CT molecular complexity index is 1780.